The van der Waals surface area contributed by atoms with E-state index < -0.39 is 19.2 Å². The van der Waals surface area contributed by atoms with Gasteiger partial charge in [-0.05, 0) is 73.5 Å². The lowest BCUT2D eigenvalue weighted by Crippen LogP contribution is -2.23. The predicted octanol–water partition coefficient (Wildman–Crippen LogP) is 8.38. The molecule has 0 spiro atoms. The molecule has 4 rings (SSSR count). The largest absolute Gasteiger partial charge is 0.389 e. The fourth-order valence-electron chi connectivity index (χ4n) is 3.14. The van der Waals surface area contributed by atoms with E-state index >= 15 is 0 Å². The average molecular weight is 669 g/mol. The van der Waals surface area contributed by atoms with Gasteiger partial charge in [0, 0.05) is 37.2 Å². The Labute approximate surface area is 263 Å². The zero-order chi connectivity index (χ0) is 29.2. The van der Waals surface area contributed by atoms with E-state index in [0.717, 1.165) is 11.1 Å². The number of carbonyl (C=O) groups excluding carboxylic acids is 2. The number of aliphatic hydroxyl groups is 1. The monoisotopic (exact) mass is 666 g/mol. The zero-order valence-electron chi connectivity index (χ0n) is 20.6. The number of alkyl halides is 6. The van der Waals surface area contributed by atoms with Gasteiger partial charge in [0.25, 0.3) is 7.59 Å². The minimum Gasteiger partial charge on any atom is -0.389 e. The number of hydrogen-bond acceptors (Lipinski definition) is 5. The summed E-state index contributed by atoms with van der Waals surface area (Å²) in [7, 11) is 0. The van der Waals surface area contributed by atoms with Gasteiger partial charge in [-0.25, -0.2) is 0 Å². The van der Waals surface area contributed by atoms with E-state index in [2.05, 4.69) is 15.0 Å². The first-order chi connectivity index (χ1) is 18.2. The lowest BCUT2D eigenvalue weighted by Gasteiger charge is -2.19. The Morgan fingerprint density at radius 2 is 1.30 bits per heavy atom. The Morgan fingerprint density at radius 1 is 0.800 bits per heavy atom. The van der Waals surface area contributed by atoms with E-state index in [4.69, 9.17) is 74.7 Å². The van der Waals surface area contributed by atoms with Crippen molar-refractivity contribution in [3.8, 4) is 0 Å². The van der Waals surface area contributed by atoms with Crippen LogP contribution in [0.4, 0.5) is 0 Å². The molecule has 13 heteroatoms. The predicted molar refractivity (Wildman–Crippen MR) is 164 cm³/mol. The quantitative estimate of drug-likeness (QED) is 0.164. The van der Waals surface area contributed by atoms with E-state index in [1.54, 1.807) is 85.1 Å². The Kier molecular flexibility index (Phi) is 14.7. The Morgan fingerprint density at radius 3 is 1.70 bits per heavy atom. The number of aromatic amines is 1. The van der Waals surface area contributed by atoms with Crippen LogP contribution in [0.3, 0.4) is 0 Å². The zero-order valence-corrected chi connectivity index (χ0v) is 25.1. The molecule has 0 fully saturated rings. The van der Waals surface area contributed by atoms with Crippen molar-refractivity contribution in [1.82, 2.24) is 19.5 Å². The molecule has 0 bridgehead atoms. The summed E-state index contributed by atoms with van der Waals surface area (Å²) >= 11 is 33.0. The van der Waals surface area contributed by atoms with Gasteiger partial charge in [0.05, 0.1) is 23.5 Å². The van der Waals surface area contributed by atoms with Gasteiger partial charge in [0.15, 0.2) is 0 Å². The van der Waals surface area contributed by atoms with Crippen LogP contribution < -0.4 is 0 Å². The summed E-state index contributed by atoms with van der Waals surface area (Å²) in [6.07, 6.45) is 9.73. The topological polar surface area (TPSA) is 101 Å². The first kappa shape index (κ1) is 35.9. The fraction of sp³-hybridized carbons (Fsp3) is 0.259. The molecule has 2 unspecified atom stereocenters. The SMILES string of the molecule is C.CC(O)c1ccncc1.CC(c1ccncc1)n1cccc1C(=O)C(Cl)(Cl)Cl.O=C(c1ccc[nH]1)C(Cl)(Cl)Cl. The highest BCUT2D eigenvalue weighted by molar-refractivity contribution is 6.78. The second-order valence-corrected chi connectivity index (χ2v) is 12.5. The first-order valence-electron chi connectivity index (χ1n) is 11.2. The maximum atomic E-state index is 12.1. The molecule has 4 heterocycles. The second kappa shape index (κ2) is 16.4. The van der Waals surface area contributed by atoms with Crippen molar-refractivity contribution in [2.75, 3.05) is 0 Å². The van der Waals surface area contributed by atoms with Crippen LogP contribution in [0.1, 0.15) is 65.5 Å². The van der Waals surface area contributed by atoms with Gasteiger partial charge in [-0.1, -0.05) is 77.0 Å². The summed E-state index contributed by atoms with van der Waals surface area (Å²) in [5.74, 6) is -1.09. The normalized spacial score (nSPS) is 12.4. The smallest absolute Gasteiger partial charge is 0.255 e. The van der Waals surface area contributed by atoms with Crippen LogP contribution >= 0.6 is 69.6 Å². The van der Waals surface area contributed by atoms with Crippen molar-refractivity contribution in [3.05, 3.63) is 108 Å². The highest BCUT2D eigenvalue weighted by Crippen LogP contribution is 2.32. The van der Waals surface area contributed by atoms with Gasteiger partial charge in [0.2, 0.25) is 11.6 Å². The number of Topliss-reactive ketones (excluding diaryl/α,β-unsaturated/α-hetero) is 2. The van der Waals surface area contributed by atoms with Gasteiger partial charge in [-0.2, -0.15) is 0 Å². The third-order valence-corrected chi connectivity index (χ3v) is 6.19. The van der Waals surface area contributed by atoms with Crippen LogP contribution in [0.2, 0.25) is 0 Å². The number of rotatable bonds is 5. The number of pyridine rings is 2. The van der Waals surface area contributed by atoms with E-state index in [-0.39, 0.29) is 19.6 Å². The number of aromatic nitrogens is 4. The summed E-state index contributed by atoms with van der Waals surface area (Å²) in [5.41, 5.74) is 2.59. The van der Waals surface area contributed by atoms with Crippen LogP contribution in [0, 0.1) is 0 Å². The van der Waals surface area contributed by atoms with E-state index in [9.17, 15) is 9.59 Å². The number of ketones is 2. The third kappa shape index (κ3) is 11.1. The Bertz CT molecular complexity index is 1300. The molecular weight excluding hydrogens is 641 g/mol. The maximum Gasteiger partial charge on any atom is 0.255 e. The number of aliphatic hydroxyl groups excluding tert-OH is 1. The van der Waals surface area contributed by atoms with Crippen molar-refractivity contribution in [2.45, 2.75) is 41.0 Å². The molecule has 40 heavy (non-hydrogen) atoms. The van der Waals surface area contributed by atoms with Crippen LogP contribution in [-0.4, -0.2) is 43.8 Å². The Balaban J connectivity index is 0.000000324. The Hall–Kier alpha value is -2.10. The van der Waals surface area contributed by atoms with Gasteiger partial charge in [0.1, 0.15) is 0 Å². The molecule has 7 nitrogen and oxygen atoms in total. The lowest BCUT2D eigenvalue weighted by atomic mass is 10.1. The average Bonchev–Trinajstić information content (AvgIpc) is 3.61. The molecule has 4 aromatic heterocycles. The number of H-pyrrole nitrogens is 1. The highest BCUT2D eigenvalue weighted by Gasteiger charge is 2.34. The third-order valence-electron chi connectivity index (χ3n) is 5.16. The van der Waals surface area contributed by atoms with Gasteiger partial charge < -0.3 is 14.7 Å². The van der Waals surface area contributed by atoms with E-state index in [1.165, 1.54) is 0 Å². The highest BCUT2D eigenvalue weighted by atomic mass is 35.6. The summed E-state index contributed by atoms with van der Waals surface area (Å²) in [6.45, 7) is 3.69. The molecule has 0 radical (unpaired) electrons. The molecule has 2 atom stereocenters. The van der Waals surface area contributed by atoms with Crippen LogP contribution in [0.5, 0.6) is 0 Å². The van der Waals surface area contributed by atoms with E-state index in [0.29, 0.717) is 11.4 Å². The van der Waals surface area contributed by atoms with Crippen molar-refractivity contribution in [2.24, 2.45) is 0 Å². The minimum absolute atomic E-state index is 0. The summed E-state index contributed by atoms with van der Waals surface area (Å²) in [5, 5.41) is 9.00. The molecule has 0 aliphatic rings. The van der Waals surface area contributed by atoms with Crippen LogP contribution in [-0.2, 0) is 0 Å². The lowest BCUT2D eigenvalue weighted by molar-refractivity contribution is 0.0981. The molecule has 216 valence electrons. The number of nitrogens with zero attached hydrogens (tertiary/aromatic N) is 3. The van der Waals surface area contributed by atoms with Crippen LogP contribution in [0.15, 0.2) is 85.7 Å². The molecule has 0 aromatic carbocycles. The summed E-state index contributed by atoms with van der Waals surface area (Å²) in [4.78, 5) is 33.6. The molecular formula is C27H28Cl6N4O3. The molecule has 0 saturated carbocycles. The number of nitrogens with one attached hydrogen (secondary N) is 1. The standard InChI is InChI=1S/C13H11Cl3N2O.C7H9NO.C6H4Cl3NO.CH4/c1-9(10-4-6-17-7-5-10)18-8-2-3-11(18)12(19)13(14,15)16;1-6(9)7-2-4-8-5-3-7;7-6(8,9)5(11)4-2-1-3-10-4;/h2-9H,1H3;2-6,9H,1H3;1-3,10H;1H4. The summed E-state index contributed by atoms with van der Waals surface area (Å²) < 4.78 is -2.04. The molecule has 2 N–H and O–H groups in total. The molecule has 0 aliphatic heterocycles. The van der Waals surface area contributed by atoms with Crippen molar-refractivity contribution < 1.29 is 14.7 Å². The second-order valence-electron chi connectivity index (χ2n) is 7.95. The maximum absolute atomic E-state index is 12.1. The van der Waals surface area contributed by atoms with Gasteiger partial charge in [-0.3, -0.25) is 19.6 Å². The molecule has 0 saturated heterocycles. The molecule has 0 aliphatic carbocycles. The summed E-state index contributed by atoms with van der Waals surface area (Å²) in [6, 6.07) is 13.9. The number of hydrogen-bond donors (Lipinski definition) is 2. The van der Waals surface area contributed by atoms with E-state index in [1.807, 2.05) is 19.1 Å². The van der Waals surface area contributed by atoms with Crippen molar-refractivity contribution in [3.63, 3.8) is 0 Å². The molecule has 4 aromatic rings. The van der Waals surface area contributed by atoms with Crippen LogP contribution in [0.25, 0.3) is 0 Å². The van der Waals surface area contributed by atoms with Crippen molar-refractivity contribution >= 4 is 81.2 Å². The fourth-order valence-corrected chi connectivity index (χ4v) is 3.73. The number of halogens is 6. The number of carbonyl (C=O) groups is 2. The van der Waals surface area contributed by atoms with Crippen molar-refractivity contribution in [1.29, 1.82) is 0 Å². The minimum atomic E-state index is -1.95. The van der Waals surface area contributed by atoms with Gasteiger partial charge in [-0.15, -0.1) is 0 Å². The van der Waals surface area contributed by atoms with Gasteiger partial charge >= 0.3 is 0 Å². The first-order valence-corrected chi connectivity index (χ1v) is 13.5. The molecule has 0 amide bonds.